The molecule has 2 saturated heterocycles. The van der Waals surface area contributed by atoms with Crippen LogP contribution in [0.3, 0.4) is 0 Å². The van der Waals surface area contributed by atoms with Gasteiger partial charge in [0.25, 0.3) is 5.91 Å². The third-order valence-electron chi connectivity index (χ3n) is 6.17. The van der Waals surface area contributed by atoms with Gasteiger partial charge in [-0.25, -0.2) is 0 Å². The topological polar surface area (TPSA) is 57.7 Å². The number of rotatable bonds is 2. The molecule has 3 unspecified atom stereocenters. The average Bonchev–Trinajstić information content (AvgIpc) is 3.07. The van der Waals surface area contributed by atoms with E-state index in [0.717, 1.165) is 25.7 Å². The molecular formula is C20H25ClN2O3S. The van der Waals surface area contributed by atoms with Crippen molar-refractivity contribution in [3.8, 4) is 0 Å². The summed E-state index contributed by atoms with van der Waals surface area (Å²) in [5.41, 5.74) is 0.547. The molecule has 0 aromatic heterocycles. The van der Waals surface area contributed by atoms with Gasteiger partial charge in [-0.2, -0.15) is 0 Å². The Morgan fingerprint density at radius 2 is 1.85 bits per heavy atom. The first kappa shape index (κ1) is 18.9. The fourth-order valence-corrected chi connectivity index (χ4v) is 6.05. The number of halogens is 1. The summed E-state index contributed by atoms with van der Waals surface area (Å²) in [6.07, 6.45) is 5.06. The average molecular weight is 409 g/mol. The van der Waals surface area contributed by atoms with Crippen molar-refractivity contribution in [3.05, 3.63) is 34.9 Å². The first-order valence-electron chi connectivity index (χ1n) is 9.76. The maximum atomic E-state index is 13.4. The number of hydrogen-bond donors (Lipinski definition) is 0. The molecule has 3 atom stereocenters. The zero-order chi connectivity index (χ0) is 19.0. The molecule has 0 bridgehead atoms. The molecule has 1 aromatic carbocycles. The van der Waals surface area contributed by atoms with Gasteiger partial charge in [-0.15, -0.1) is 0 Å². The molecule has 5 nitrogen and oxygen atoms in total. The second-order valence-electron chi connectivity index (χ2n) is 7.76. The molecule has 2 aliphatic heterocycles. The fourth-order valence-electron chi connectivity index (χ4n) is 4.81. The molecule has 146 valence electrons. The third-order valence-corrected chi connectivity index (χ3v) is 7.68. The summed E-state index contributed by atoms with van der Waals surface area (Å²) in [6, 6.07) is 6.72. The minimum atomic E-state index is -0.825. The van der Waals surface area contributed by atoms with E-state index in [4.69, 9.17) is 11.6 Å². The Kier molecular flexibility index (Phi) is 5.55. The summed E-state index contributed by atoms with van der Waals surface area (Å²) in [7, 11) is -0.825. The van der Waals surface area contributed by atoms with E-state index in [1.165, 1.54) is 6.42 Å². The van der Waals surface area contributed by atoms with E-state index in [9.17, 15) is 13.8 Å². The Balaban J connectivity index is 1.61. The lowest BCUT2D eigenvalue weighted by molar-refractivity contribution is -0.135. The van der Waals surface area contributed by atoms with Crippen LogP contribution in [0.15, 0.2) is 24.3 Å². The van der Waals surface area contributed by atoms with Crippen molar-refractivity contribution in [1.29, 1.82) is 0 Å². The first-order chi connectivity index (χ1) is 13.0. The largest absolute Gasteiger partial charge is 0.339 e. The number of carbonyl (C=O) groups excluding carboxylic acids is 2. The number of carbonyl (C=O) groups is 2. The molecule has 0 spiro atoms. The van der Waals surface area contributed by atoms with Crippen LogP contribution in [0.1, 0.15) is 42.5 Å². The molecule has 2 heterocycles. The van der Waals surface area contributed by atoms with Gasteiger partial charge in [0.1, 0.15) is 6.04 Å². The Morgan fingerprint density at radius 1 is 1.11 bits per heavy atom. The van der Waals surface area contributed by atoms with Crippen molar-refractivity contribution < 1.29 is 13.8 Å². The number of nitrogens with zero attached hydrogens (tertiary/aromatic N) is 2. The molecule has 1 aromatic rings. The lowest BCUT2D eigenvalue weighted by Gasteiger charge is -2.36. The van der Waals surface area contributed by atoms with E-state index in [-0.39, 0.29) is 17.9 Å². The van der Waals surface area contributed by atoms with E-state index in [1.54, 1.807) is 24.3 Å². The van der Waals surface area contributed by atoms with Crippen LogP contribution >= 0.6 is 11.6 Å². The fraction of sp³-hybridized carbons (Fsp3) is 0.600. The summed E-state index contributed by atoms with van der Waals surface area (Å²) in [6.45, 7) is 1.05. The Bertz CT molecular complexity index is 761. The van der Waals surface area contributed by atoms with E-state index in [2.05, 4.69) is 0 Å². The second-order valence-corrected chi connectivity index (χ2v) is 9.89. The molecule has 0 N–H and O–H groups in total. The molecule has 3 aliphatic rings. The van der Waals surface area contributed by atoms with Gasteiger partial charge in [0.05, 0.1) is 0 Å². The summed E-state index contributed by atoms with van der Waals surface area (Å²) >= 11 is 6.09. The van der Waals surface area contributed by atoms with Crippen molar-refractivity contribution in [1.82, 2.24) is 9.80 Å². The molecule has 2 amide bonds. The first-order valence-corrected chi connectivity index (χ1v) is 11.6. The van der Waals surface area contributed by atoms with Crippen molar-refractivity contribution >= 4 is 34.2 Å². The zero-order valence-electron chi connectivity index (χ0n) is 15.3. The lowest BCUT2D eigenvalue weighted by Crippen LogP contribution is -2.53. The van der Waals surface area contributed by atoms with E-state index in [0.29, 0.717) is 41.1 Å². The van der Waals surface area contributed by atoms with Gasteiger partial charge < -0.3 is 9.80 Å². The predicted octanol–water partition coefficient (Wildman–Crippen LogP) is 2.70. The molecule has 4 rings (SSSR count). The van der Waals surface area contributed by atoms with Crippen LogP contribution in [0.4, 0.5) is 0 Å². The summed E-state index contributed by atoms with van der Waals surface area (Å²) in [5.74, 6) is 1.40. The highest BCUT2D eigenvalue weighted by Gasteiger charge is 2.48. The SMILES string of the molecule is O=C(C1CC2CCCCC2N1C(=O)c1cccc(Cl)c1)N1CCS(=O)CC1. The number of hydrogen-bond acceptors (Lipinski definition) is 3. The number of amides is 2. The zero-order valence-corrected chi connectivity index (χ0v) is 16.9. The third kappa shape index (κ3) is 3.79. The van der Waals surface area contributed by atoms with Crippen LogP contribution in [0.25, 0.3) is 0 Å². The molecule has 27 heavy (non-hydrogen) atoms. The van der Waals surface area contributed by atoms with Gasteiger partial charge in [-0.05, 0) is 43.4 Å². The Labute approximate surface area is 167 Å². The molecular weight excluding hydrogens is 384 g/mol. The van der Waals surface area contributed by atoms with Gasteiger partial charge in [0.15, 0.2) is 0 Å². The Hall–Kier alpha value is -1.40. The minimum absolute atomic E-state index is 0.0245. The van der Waals surface area contributed by atoms with Crippen LogP contribution in [0, 0.1) is 5.92 Å². The highest BCUT2D eigenvalue weighted by atomic mass is 35.5. The van der Waals surface area contributed by atoms with E-state index < -0.39 is 16.8 Å². The molecule has 7 heteroatoms. The molecule has 1 aliphatic carbocycles. The van der Waals surface area contributed by atoms with E-state index in [1.807, 2.05) is 9.80 Å². The standard InChI is InChI=1S/C20H25ClN2O3S/c21-16-6-3-5-15(12-16)19(24)23-17-7-2-1-4-14(17)13-18(23)20(25)22-8-10-27(26)11-9-22/h3,5-6,12,14,17-18H,1-2,4,7-11,13H2. The van der Waals surface area contributed by atoms with Crippen LogP contribution in [-0.2, 0) is 15.6 Å². The summed E-state index contributed by atoms with van der Waals surface area (Å²) in [5, 5.41) is 0.529. The number of benzene rings is 1. The van der Waals surface area contributed by atoms with Gasteiger partial charge in [0.2, 0.25) is 5.91 Å². The molecule has 1 saturated carbocycles. The molecule has 3 fully saturated rings. The maximum Gasteiger partial charge on any atom is 0.254 e. The Morgan fingerprint density at radius 3 is 2.59 bits per heavy atom. The van der Waals surface area contributed by atoms with Crippen LogP contribution < -0.4 is 0 Å². The minimum Gasteiger partial charge on any atom is -0.339 e. The van der Waals surface area contributed by atoms with Gasteiger partial charge in [-0.1, -0.05) is 30.5 Å². The van der Waals surface area contributed by atoms with Crippen molar-refractivity contribution in [2.75, 3.05) is 24.6 Å². The van der Waals surface area contributed by atoms with Gasteiger partial charge >= 0.3 is 0 Å². The normalized spacial score (nSPS) is 28.9. The highest BCUT2D eigenvalue weighted by molar-refractivity contribution is 7.85. The van der Waals surface area contributed by atoms with Crippen LogP contribution in [0.5, 0.6) is 0 Å². The second kappa shape index (κ2) is 7.92. The summed E-state index contributed by atoms with van der Waals surface area (Å²) in [4.78, 5) is 30.3. The monoisotopic (exact) mass is 408 g/mol. The van der Waals surface area contributed by atoms with Crippen molar-refractivity contribution in [2.24, 2.45) is 5.92 Å². The highest BCUT2D eigenvalue weighted by Crippen LogP contribution is 2.41. The molecule has 0 radical (unpaired) electrons. The number of fused-ring (bicyclic) bond motifs is 1. The smallest absolute Gasteiger partial charge is 0.254 e. The number of likely N-dealkylation sites (tertiary alicyclic amines) is 1. The lowest BCUT2D eigenvalue weighted by atomic mass is 9.84. The van der Waals surface area contributed by atoms with E-state index >= 15 is 0 Å². The van der Waals surface area contributed by atoms with Crippen LogP contribution in [0.2, 0.25) is 5.02 Å². The van der Waals surface area contributed by atoms with Crippen LogP contribution in [-0.4, -0.2) is 62.5 Å². The van der Waals surface area contributed by atoms with Crippen molar-refractivity contribution in [3.63, 3.8) is 0 Å². The quantitative estimate of drug-likeness (QED) is 0.756. The van der Waals surface area contributed by atoms with Gasteiger partial charge in [0, 0.05) is 52.0 Å². The summed E-state index contributed by atoms with van der Waals surface area (Å²) < 4.78 is 11.6. The maximum absolute atomic E-state index is 13.4. The predicted molar refractivity (Wildman–Crippen MR) is 106 cm³/mol. The van der Waals surface area contributed by atoms with Crippen molar-refractivity contribution in [2.45, 2.75) is 44.2 Å². The van der Waals surface area contributed by atoms with Gasteiger partial charge in [-0.3, -0.25) is 13.8 Å².